The van der Waals surface area contributed by atoms with Crippen LogP contribution < -0.4 is 10.0 Å². The van der Waals surface area contributed by atoms with Crippen LogP contribution in [0.25, 0.3) is 0 Å². The fourth-order valence-corrected chi connectivity index (χ4v) is 5.13. The molecule has 2 fully saturated rings. The highest BCUT2D eigenvalue weighted by molar-refractivity contribution is 7.89. The Morgan fingerprint density at radius 3 is 2.73 bits per heavy atom. The van der Waals surface area contributed by atoms with Crippen LogP contribution in [0, 0.1) is 6.92 Å². The third-order valence-corrected chi connectivity index (χ3v) is 7.47. The van der Waals surface area contributed by atoms with Gasteiger partial charge in [-0.1, -0.05) is 17.3 Å². The Morgan fingerprint density at radius 2 is 2.09 bits per heavy atom. The lowest BCUT2D eigenvalue weighted by Gasteiger charge is -2.12. The number of ether oxygens (including phenoxy) is 2. The van der Waals surface area contributed by atoms with Crippen molar-refractivity contribution in [3.05, 3.63) is 40.9 Å². The molecule has 0 saturated carbocycles. The zero-order valence-electron chi connectivity index (χ0n) is 18.2. The van der Waals surface area contributed by atoms with Crippen molar-refractivity contribution in [2.45, 2.75) is 43.3 Å². The molecule has 2 aromatic rings. The predicted octanol–water partition coefficient (Wildman–Crippen LogP) is 2.06. The fourth-order valence-electron chi connectivity index (χ4n) is 3.40. The first-order chi connectivity index (χ1) is 15.9. The number of amides is 1. The van der Waals surface area contributed by atoms with Crippen LogP contribution in [0.5, 0.6) is 0 Å². The number of aromatic nitrogens is 1. The van der Waals surface area contributed by atoms with E-state index in [9.17, 15) is 13.2 Å². The van der Waals surface area contributed by atoms with Crippen LogP contribution in [0.2, 0.25) is 0 Å². The van der Waals surface area contributed by atoms with E-state index < -0.39 is 15.9 Å². The maximum atomic E-state index is 12.9. The van der Waals surface area contributed by atoms with E-state index in [1.54, 1.807) is 6.20 Å². The monoisotopic (exact) mass is 494 g/mol. The van der Waals surface area contributed by atoms with Gasteiger partial charge < -0.3 is 14.3 Å². The smallest absolute Gasteiger partial charge is 0.280 e. The van der Waals surface area contributed by atoms with Crippen LogP contribution in [-0.4, -0.2) is 63.6 Å². The molecule has 2 atom stereocenters. The number of hydrogen-bond acceptors (Lipinski definition) is 9. The molecule has 1 aromatic heterocycles. The number of aryl methyl sites for hydroxylation is 1. The Kier molecular flexibility index (Phi) is 7.71. The maximum absolute atomic E-state index is 12.9. The second-order valence-corrected chi connectivity index (χ2v) is 10.8. The van der Waals surface area contributed by atoms with Crippen molar-refractivity contribution < 1.29 is 27.5 Å². The van der Waals surface area contributed by atoms with Gasteiger partial charge in [-0.15, -0.1) is 11.3 Å². The zero-order valence-corrected chi connectivity index (χ0v) is 19.8. The van der Waals surface area contributed by atoms with Crippen molar-refractivity contribution in [2.24, 2.45) is 5.16 Å². The van der Waals surface area contributed by atoms with Gasteiger partial charge in [0.05, 0.1) is 24.2 Å². The number of hydrogen-bond donors (Lipinski definition) is 2. The number of carbonyl (C=O) groups excluding carboxylic acids is 1. The molecule has 2 saturated heterocycles. The van der Waals surface area contributed by atoms with Crippen LogP contribution in [0.4, 0.5) is 5.13 Å². The molecule has 12 heteroatoms. The topological polar surface area (TPSA) is 128 Å². The number of oxime groups is 1. The lowest BCUT2D eigenvalue weighted by Crippen LogP contribution is -2.31. The second-order valence-electron chi connectivity index (χ2n) is 7.77. The summed E-state index contributed by atoms with van der Waals surface area (Å²) in [6, 6.07) is 5.92. The van der Waals surface area contributed by atoms with Gasteiger partial charge in [-0.3, -0.25) is 10.1 Å². The molecule has 0 radical (unpaired) electrons. The highest BCUT2D eigenvalue weighted by Crippen LogP contribution is 2.19. The summed E-state index contributed by atoms with van der Waals surface area (Å²) in [5, 5.41) is 7.23. The van der Waals surface area contributed by atoms with E-state index in [0.29, 0.717) is 36.9 Å². The number of nitrogens with one attached hydrogen (secondary N) is 2. The molecule has 3 heterocycles. The largest absolute Gasteiger partial charge is 0.389 e. The quantitative estimate of drug-likeness (QED) is 0.403. The average Bonchev–Trinajstić information content (AvgIpc) is 3.57. The number of anilines is 1. The molecule has 0 spiro atoms. The minimum atomic E-state index is -3.71. The lowest BCUT2D eigenvalue weighted by molar-refractivity contribution is -0.110. The molecule has 33 heavy (non-hydrogen) atoms. The molecule has 0 aliphatic carbocycles. The van der Waals surface area contributed by atoms with Crippen molar-refractivity contribution in [2.75, 3.05) is 31.7 Å². The third-order valence-electron chi connectivity index (χ3n) is 5.20. The number of sulfonamides is 1. The first-order valence-corrected chi connectivity index (χ1v) is 13.0. The molecular formula is C21H26N4O6S2. The molecule has 10 nitrogen and oxygen atoms in total. The maximum Gasteiger partial charge on any atom is 0.280 e. The van der Waals surface area contributed by atoms with Crippen LogP contribution in [0.3, 0.4) is 0 Å². The summed E-state index contributed by atoms with van der Waals surface area (Å²) in [6.45, 7) is 3.74. The molecule has 0 bridgehead atoms. The van der Waals surface area contributed by atoms with E-state index in [1.165, 1.54) is 35.6 Å². The standard InChI is InChI=1S/C21H26N4O6S2/c1-14-11-22-21(32-14)24-20(26)19(25-31-17-8-10-29-13-17)15-4-6-18(7-5-15)33(27,28)23-12-16-3-2-9-30-16/h4-7,11,16-17,23H,2-3,8-10,12-13H2,1H3,(H,22,24,26)/t16-,17-/m1/s1. The Bertz CT molecular complexity index is 1090. The van der Waals surface area contributed by atoms with Crippen molar-refractivity contribution >= 4 is 38.1 Å². The third kappa shape index (κ3) is 6.36. The Hall–Kier alpha value is -2.38. The molecule has 2 aliphatic rings. The summed E-state index contributed by atoms with van der Waals surface area (Å²) in [6.07, 6.45) is 3.76. The second kappa shape index (κ2) is 10.7. The fraction of sp³-hybridized carbons (Fsp3) is 0.476. The summed E-state index contributed by atoms with van der Waals surface area (Å²) >= 11 is 1.34. The van der Waals surface area contributed by atoms with Gasteiger partial charge in [0.15, 0.2) is 16.9 Å². The van der Waals surface area contributed by atoms with Crippen molar-refractivity contribution in [3.8, 4) is 0 Å². The van der Waals surface area contributed by atoms with E-state index in [0.717, 1.165) is 17.7 Å². The minimum absolute atomic E-state index is 0.0195. The number of nitrogens with zero attached hydrogens (tertiary/aromatic N) is 2. The highest BCUT2D eigenvalue weighted by atomic mass is 32.2. The van der Waals surface area contributed by atoms with Gasteiger partial charge in [-0.05, 0) is 31.9 Å². The van der Waals surface area contributed by atoms with E-state index in [4.69, 9.17) is 14.3 Å². The molecular weight excluding hydrogens is 468 g/mol. The first kappa shape index (κ1) is 23.8. The van der Waals surface area contributed by atoms with Gasteiger partial charge in [0, 0.05) is 36.2 Å². The van der Waals surface area contributed by atoms with Crippen LogP contribution in [0.15, 0.2) is 40.5 Å². The molecule has 1 aromatic carbocycles. The lowest BCUT2D eigenvalue weighted by atomic mass is 10.1. The molecule has 0 unspecified atom stereocenters. The van der Waals surface area contributed by atoms with Gasteiger partial charge in [-0.25, -0.2) is 18.1 Å². The van der Waals surface area contributed by atoms with Crippen LogP contribution >= 0.6 is 11.3 Å². The van der Waals surface area contributed by atoms with Gasteiger partial charge >= 0.3 is 0 Å². The van der Waals surface area contributed by atoms with Crippen molar-refractivity contribution in [3.63, 3.8) is 0 Å². The van der Waals surface area contributed by atoms with E-state index in [2.05, 4.69) is 20.2 Å². The Balaban J connectivity index is 1.50. The Labute approximate surface area is 196 Å². The molecule has 2 N–H and O–H groups in total. The zero-order chi connectivity index (χ0) is 23.3. The normalized spacial score (nSPS) is 21.3. The van der Waals surface area contributed by atoms with Crippen LogP contribution in [0.1, 0.15) is 29.7 Å². The molecule has 1 amide bonds. The van der Waals surface area contributed by atoms with Gasteiger partial charge in [-0.2, -0.15) is 0 Å². The number of thiazole rings is 1. The highest BCUT2D eigenvalue weighted by Gasteiger charge is 2.23. The predicted molar refractivity (Wildman–Crippen MR) is 123 cm³/mol. The van der Waals surface area contributed by atoms with E-state index in [1.807, 2.05) is 6.92 Å². The van der Waals surface area contributed by atoms with Gasteiger partial charge in [0.1, 0.15) is 0 Å². The first-order valence-electron chi connectivity index (χ1n) is 10.7. The molecule has 178 valence electrons. The van der Waals surface area contributed by atoms with E-state index in [-0.39, 0.29) is 29.4 Å². The van der Waals surface area contributed by atoms with E-state index >= 15 is 0 Å². The number of benzene rings is 1. The summed E-state index contributed by atoms with van der Waals surface area (Å²) < 4.78 is 38.6. The van der Waals surface area contributed by atoms with Gasteiger partial charge in [0.2, 0.25) is 10.0 Å². The number of rotatable bonds is 9. The summed E-state index contributed by atoms with van der Waals surface area (Å²) in [5.74, 6) is -0.504. The molecule has 4 rings (SSSR count). The summed E-state index contributed by atoms with van der Waals surface area (Å²) in [5.41, 5.74) is 0.434. The van der Waals surface area contributed by atoms with Crippen LogP contribution in [-0.2, 0) is 29.1 Å². The molecule has 2 aliphatic heterocycles. The summed E-state index contributed by atoms with van der Waals surface area (Å²) in [7, 11) is -3.71. The van der Waals surface area contributed by atoms with Crippen molar-refractivity contribution in [1.82, 2.24) is 9.71 Å². The van der Waals surface area contributed by atoms with Crippen molar-refractivity contribution in [1.29, 1.82) is 0 Å². The SMILES string of the molecule is Cc1cnc(NC(=O)C(=NO[C@@H]2CCOC2)c2ccc(S(=O)(=O)NC[C@H]3CCCO3)cc2)s1. The Morgan fingerprint density at radius 1 is 1.27 bits per heavy atom. The summed E-state index contributed by atoms with van der Waals surface area (Å²) in [4.78, 5) is 23.6. The average molecular weight is 495 g/mol. The minimum Gasteiger partial charge on any atom is -0.389 e. The number of carbonyl (C=O) groups is 1. The van der Waals surface area contributed by atoms with Gasteiger partial charge in [0.25, 0.3) is 5.91 Å².